The van der Waals surface area contributed by atoms with E-state index in [0.29, 0.717) is 27.8 Å². The van der Waals surface area contributed by atoms with Crippen molar-refractivity contribution in [2.75, 3.05) is 5.32 Å². The topological polar surface area (TPSA) is 46.9 Å². The first-order chi connectivity index (χ1) is 9.01. The maximum atomic E-state index is 13.2. The van der Waals surface area contributed by atoms with Crippen LogP contribution in [-0.4, -0.2) is 15.7 Å². The van der Waals surface area contributed by atoms with Crippen molar-refractivity contribution in [3.63, 3.8) is 0 Å². The lowest BCUT2D eigenvalue weighted by molar-refractivity contribution is 0.102. The van der Waals surface area contributed by atoms with E-state index in [9.17, 15) is 9.18 Å². The summed E-state index contributed by atoms with van der Waals surface area (Å²) < 4.78 is 15.4. The fourth-order valence-electron chi connectivity index (χ4n) is 1.77. The van der Waals surface area contributed by atoms with Crippen molar-refractivity contribution >= 4 is 27.5 Å². The van der Waals surface area contributed by atoms with Crippen LogP contribution < -0.4 is 5.32 Å². The molecule has 1 N–H and O–H groups in total. The number of anilines is 1. The molecule has 1 heterocycles. The summed E-state index contributed by atoms with van der Waals surface area (Å²) in [5.74, 6) is -0.698. The fraction of sp³-hybridized carbons (Fsp3) is 0.231. The maximum Gasteiger partial charge on any atom is 0.259 e. The van der Waals surface area contributed by atoms with E-state index in [4.69, 9.17) is 0 Å². The van der Waals surface area contributed by atoms with Crippen LogP contribution in [0.25, 0.3) is 0 Å². The highest BCUT2D eigenvalue weighted by Crippen LogP contribution is 2.24. The van der Waals surface area contributed by atoms with E-state index in [1.807, 2.05) is 6.92 Å². The monoisotopic (exact) mass is 325 g/mol. The molecule has 6 heteroatoms. The van der Waals surface area contributed by atoms with E-state index in [2.05, 4.69) is 26.3 Å². The van der Waals surface area contributed by atoms with Crippen molar-refractivity contribution in [2.24, 2.45) is 7.05 Å². The number of hydrogen-bond acceptors (Lipinski definition) is 2. The smallest absolute Gasteiger partial charge is 0.259 e. The van der Waals surface area contributed by atoms with Gasteiger partial charge in [0.1, 0.15) is 5.82 Å². The molecular weight excluding hydrogens is 313 g/mol. The minimum atomic E-state index is -0.402. The van der Waals surface area contributed by atoms with E-state index >= 15 is 0 Å². The van der Waals surface area contributed by atoms with Gasteiger partial charge in [-0.25, -0.2) is 4.39 Å². The zero-order valence-corrected chi connectivity index (χ0v) is 12.2. The number of carbonyl (C=O) groups is 1. The zero-order valence-electron chi connectivity index (χ0n) is 10.6. The number of amides is 1. The van der Waals surface area contributed by atoms with Gasteiger partial charge in [-0.1, -0.05) is 6.92 Å². The van der Waals surface area contributed by atoms with E-state index < -0.39 is 5.82 Å². The van der Waals surface area contributed by atoms with Gasteiger partial charge in [-0.15, -0.1) is 0 Å². The Hall–Kier alpha value is -1.69. The van der Waals surface area contributed by atoms with Crippen molar-refractivity contribution in [1.29, 1.82) is 0 Å². The second kappa shape index (κ2) is 5.52. The van der Waals surface area contributed by atoms with Gasteiger partial charge in [0.05, 0.1) is 16.9 Å². The van der Waals surface area contributed by atoms with Gasteiger partial charge in [0.2, 0.25) is 0 Å². The van der Waals surface area contributed by atoms with Gasteiger partial charge in [-0.2, -0.15) is 5.10 Å². The van der Waals surface area contributed by atoms with Crippen LogP contribution in [0.5, 0.6) is 0 Å². The average Bonchev–Trinajstić information content (AvgIpc) is 2.75. The van der Waals surface area contributed by atoms with E-state index in [0.717, 1.165) is 0 Å². The molecular formula is C13H13BrFN3O. The summed E-state index contributed by atoms with van der Waals surface area (Å²) >= 11 is 3.27. The molecule has 0 saturated heterocycles. The van der Waals surface area contributed by atoms with Crippen molar-refractivity contribution in [3.05, 3.63) is 45.9 Å². The van der Waals surface area contributed by atoms with Gasteiger partial charge in [-0.05, 0) is 40.5 Å². The largest absolute Gasteiger partial charge is 0.321 e. The Morgan fingerprint density at radius 3 is 2.95 bits per heavy atom. The summed E-state index contributed by atoms with van der Waals surface area (Å²) in [5.41, 5.74) is 1.62. The molecule has 1 amide bonds. The van der Waals surface area contributed by atoms with Crippen LogP contribution in [0.3, 0.4) is 0 Å². The van der Waals surface area contributed by atoms with Crippen LogP contribution >= 0.6 is 15.9 Å². The Bertz CT molecular complexity index is 624. The lowest BCUT2D eigenvalue weighted by Gasteiger charge is -2.07. The second-order valence-electron chi connectivity index (χ2n) is 4.09. The number of nitrogens with one attached hydrogen (secondary N) is 1. The highest BCUT2D eigenvalue weighted by Gasteiger charge is 2.15. The zero-order chi connectivity index (χ0) is 14.0. The Labute approximate surface area is 118 Å². The third-order valence-electron chi connectivity index (χ3n) is 2.66. The number of halogens is 2. The summed E-state index contributed by atoms with van der Waals surface area (Å²) in [6, 6.07) is 4.14. The van der Waals surface area contributed by atoms with Crippen molar-refractivity contribution in [2.45, 2.75) is 13.3 Å². The molecule has 0 radical (unpaired) electrons. The summed E-state index contributed by atoms with van der Waals surface area (Å²) in [6.07, 6.45) is 2.31. The number of carbonyl (C=O) groups excluding carboxylic acids is 1. The first-order valence-corrected chi connectivity index (χ1v) is 6.59. The SMILES string of the molecule is CCc1nn(C)cc1C(=O)Nc1cc(F)ccc1Br. The molecule has 1 aromatic carbocycles. The molecule has 0 spiro atoms. The molecule has 0 atom stereocenters. The molecule has 1 aromatic heterocycles. The highest BCUT2D eigenvalue weighted by atomic mass is 79.9. The predicted octanol–water partition coefficient (Wildman–Crippen LogP) is 3.14. The Balaban J connectivity index is 2.27. The lowest BCUT2D eigenvalue weighted by atomic mass is 10.2. The molecule has 0 aliphatic heterocycles. The number of rotatable bonds is 3. The molecule has 0 saturated carbocycles. The molecule has 100 valence electrons. The number of aryl methyl sites for hydroxylation is 2. The van der Waals surface area contributed by atoms with Crippen LogP contribution in [0.15, 0.2) is 28.9 Å². The van der Waals surface area contributed by atoms with Crippen LogP contribution in [0.1, 0.15) is 23.0 Å². The molecule has 0 unspecified atom stereocenters. The van der Waals surface area contributed by atoms with Crippen LogP contribution in [0, 0.1) is 5.82 Å². The fourth-order valence-corrected chi connectivity index (χ4v) is 2.11. The molecule has 2 rings (SSSR count). The molecule has 2 aromatic rings. The van der Waals surface area contributed by atoms with Crippen molar-refractivity contribution in [1.82, 2.24) is 9.78 Å². The molecule has 19 heavy (non-hydrogen) atoms. The van der Waals surface area contributed by atoms with Crippen molar-refractivity contribution < 1.29 is 9.18 Å². The Morgan fingerprint density at radius 1 is 1.53 bits per heavy atom. The van der Waals surface area contributed by atoms with Crippen LogP contribution in [-0.2, 0) is 13.5 Å². The maximum absolute atomic E-state index is 13.2. The van der Waals surface area contributed by atoms with Gasteiger partial charge in [0.15, 0.2) is 0 Å². The van der Waals surface area contributed by atoms with Crippen LogP contribution in [0.2, 0.25) is 0 Å². The van der Waals surface area contributed by atoms with Gasteiger partial charge in [0.25, 0.3) is 5.91 Å². The third kappa shape index (κ3) is 3.01. The molecule has 0 fully saturated rings. The van der Waals surface area contributed by atoms with Crippen LogP contribution in [0.4, 0.5) is 10.1 Å². The van der Waals surface area contributed by atoms with E-state index in [1.54, 1.807) is 24.0 Å². The number of benzene rings is 1. The summed E-state index contributed by atoms with van der Waals surface area (Å²) in [5, 5.41) is 6.88. The average molecular weight is 326 g/mol. The summed E-state index contributed by atoms with van der Waals surface area (Å²) in [6.45, 7) is 1.93. The minimum Gasteiger partial charge on any atom is -0.321 e. The van der Waals surface area contributed by atoms with E-state index in [1.165, 1.54) is 12.1 Å². The number of hydrogen-bond donors (Lipinski definition) is 1. The normalized spacial score (nSPS) is 10.5. The van der Waals surface area contributed by atoms with Gasteiger partial charge in [0, 0.05) is 17.7 Å². The summed E-state index contributed by atoms with van der Waals surface area (Å²) in [7, 11) is 1.76. The molecule has 0 aliphatic carbocycles. The number of nitrogens with zero attached hydrogens (tertiary/aromatic N) is 2. The van der Waals surface area contributed by atoms with E-state index in [-0.39, 0.29) is 5.91 Å². The minimum absolute atomic E-state index is 0.295. The molecule has 0 aliphatic rings. The quantitative estimate of drug-likeness (QED) is 0.942. The first-order valence-electron chi connectivity index (χ1n) is 5.80. The Kier molecular flexibility index (Phi) is 3.99. The standard InChI is InChI=1S/C13H13BrFN3O/c1-3-11-9(7-18(2)17-11)13(19)16-12-6-8(15)4-5-10(12)14/h4-7H,3H2,1-2H3,(H,16,19). The lowest BCUT2D eigenvalue weighted by Crippen LogP contribution is -2.13. The predicted molar refractivity (Wildman–Crippen MR) is 74.6 cm³/mol. The Morgan fingerprint density at radius 2 is 2.26 bits per heavy atom. The second-order valence-corrected chi connectivity index (χ2v) is 4.95. The molecule has 0 bridgehead atoms. The number of aromatic nitrogens is 2. The highest BCUT2D eigenvalue weighted by molar-refractivity contribution is 9.10. The first kappa shape index (κ1) is 13.7. The van der Waals surface area contributed by atoms with Gasteiger partial charge in [-0.3, -0.25) is 9.48 Å². The molecule has 4 nitrogen and oxygen atoms in total. The third-order valence-corrected chi connectivity index (χ3v) is 3.35. The van der Waals surface area contributed by atoms with Gasteiger partial charge < -0.3 is 5.32 Å². The van der Waals surface area contributed by atoms with Gasteiger partial charge >= 0.3 is 0 Å². The van der Waals surface area contributed by atoms with Crippen molar-refractivity contribution in [3.8, 4) is 0 Å². The summed E-state index contributed by atoms with van der Waals surface area (Å²) in [4.78, 5) is 12.2.